The van der Waals surface area contributed by atoms with E-state index in [1.54, 1.807) is 42.5 Å². The number of carbonyl (C=O) groups is 1. The maximum absolute atomic E-state index is 12.4. The Balaban J connectivity index is 0.00000256. The van der Waals surface area contributed by atoms with Crippen molar-refractivity contribution in [2.45, 2.75) is 12.5 Å². The largest absolute Gasteiger partial charge is 1.00 e. The minimum atomic E-state index is -0.570. The molecule has 5 N–H and O–H groups in total. The second-order valence-corrected chi connectivity index (χ2v) is 6.87. The smallest absolute Gasteiger partial charge is 0.322 e. The first-order valence-corrected chi connectivity index (χ1v) is 9.24. The van der Waals surface area contributed by atoms with Gasteiger partial charge in [0.05, 0.1) is 11.1 Å². The standard InChI is InChI=1S/C23H19N3O3.ClH/c24-18(13-14-7-2-1-3-8-14)23(29)26-25-19-12-6-11-17-20(19)22(28)16-10-5-4-9-15(16)21(17)27;/h1-12,18,27-28H,13,24H2;1H/t18-;/m0./s1. The summed E-state index contributed by atoms with van der Waals surface area (Å²) in [5, 5.41) is 31.1. The Morgan fingerprint density at radius 2 is 1.43 bits per heavy atom. The third kappa shape index (κ3) is 3.96. The van der Waals surface area contributed by atoms with Gasteiger partial charge in [-0.25, -0.2) is 0 Å². The Labute approximate surface area is 179 Å². The molecular formula is C23H20ClN3O3. The van der Waals surface area contributed by atoms with Gasteiger partial charge in [-0.1, -0.05) is 66.7 Å². The van der Waals surface area contributed by atoms with Crippen LogP contribution in [0.1, 0.15) is 5.56 Å². The molecule has 4 rings (SSSR count). The lowest BCUT2D eigenvalue weighted by Crippen LogP contribution is -3.00. The first kappa shape index (κ1) is 21.2. The molecule has 152 valence electrons. The van der Waals surface area contributed by atoms with E-state index in [0.29, 0.717) is 33.7 Å². The van der Waals surface area contributed by atoms with Crippen molar-refractivity contribution in [2.75, 3.05) is 0 Å². The SMILES string of the molecule is [Cl-].[NH3+][C@@H](Cc1ccccc1)C(=O)N=Nc1cccc2c(O)c3ccccc3c(O)c12. The average Bonchev–Trinajstić information content (AvgIpc) is 2.76. The number of phenols is 2. The summed E-state index contributed by atoms with van der Waals surface area (Å²) in [6.07, 6.45) is 0.463. The van der Waals surface area contributed by atoms with Crippen LogP contribution >= 0.6 is 0 Å². The molecule has 0 saturated carbocycles. The van der Waals surface area contributed by atoms with Crippen LogP contribution in [0.4, 0.5) is 5.69 Å². The van der Waals surface area contributed by atoms with Crippen molar-refractivity contribution in [2.24, 2.45) is 10.2 Å². The predicted octanol–water partition coefficient (Wildman–Crippen LogP) is 0.872. The lowest BCUT2D eigenvalue weighted by molar-refractivity contribution is -0.402. The van der Waals surface area contributed by atoms with E-state index < -0.39 is 11.9 Å². The van der Waals surface area contributed by atoms with E-state index in [9.17, 15) is 15.0 Å². The Kier molecular flexibility index (Phi) is 6.30. The number of nitrogens with zero attached hydrogens (tertiary/aromatic N) is 2. The molecule has 6 nitrogen and oxygen atoms in total. The monoisotopic (exact) mass is 421 g/mol. The molecule has 0 aromatic heterocycles. The Bertz CT molecular complexity index is 1240. The molecule has 0 bridgehead atoms. The van der Waals surface area contributed by atoms with Crippen LogP contribution in [0.15, 0.2) is 83.0 Å². The number of quaternary nitrogens is 1. The van der Waals surface area contributed by atoms with Crippen molar-refractivity contribution < 1.29 is 33.1 Å². The molecule has 0 aliphatic heterocycles. The first-order chi connectivity index (χ1) is 14.1. The normalized spacial score (nSPS) is 12.2. The van der Waals surface area contributed by atoms with Crippen LogP contribution in [0.3, 0.4) is 0 Å². The average molecular weight is 422 g/mol. The summed E-state index contributed by atoms with van der Waals surface area (Å²) >= 11 is 0. The molecular weight excluding hydrogens is 402 g/mol. The van der Waals surface area contributed by atoms with Crippen molar-refractivity contribution in [3.63, 3.8) is 0 Å². The summed E-state index contributed by atoms with van der Waals surface area (Å²) in [4.78, 5) is 12.4. The van der Waals surface area contributed by atoms with E-state index in [1.165, 1.54) is 0 Å². The molecule has 0 spiro atoms. The van der Waals surface area contributed by atoms with Crippen molar-refractivity contribution in [1.82, 2.24) is 0 Å². The highest BCUT2D eigenvalue weighted by atomic mass is 35.5. The number of halogens is 1. The highest BCUT2D eigenvalue weighted by Crippen LogP contribution is 2.45. The summed E-state index contributed by atoms with van der Waals surface area (Å²) in [7, 11) is 0. The molecule has 4 aromatic carbocycles. The molecule has 7 heteroatoms. The molecule has 0 fully saturated rings. The van der Waals surface area contributed by atoms with Gasteiger partial charge in [-0.2, -0.15) is 0 Å². The van der Waals surface area contributed by atoms with Gasteiger partial charge in [-0.15, -0.1) is 10.2 Å². The van der Waals surface area contributed by atoms with Gasteiger partial charge in [-0.3, -0.25) is 4.79 Å². The molecule has 0 unspecified atom stereocenters. The fourth-order valence-corrected chi connectivity index (χ4v) is 3.42. The minimum absolute atomic E-state index is 0. The zero-order valence-corrected chi connectivity index (χ0v) is 16.8. The van der Waals surface area contributed by atoms with E-state index in [2.05, 4.69) is 16.0 Å². The fourth-order valence-electron chi connectivity index (χ4n) is 3.42. The number of hydrogen-bond donors (Lipinski definition) is 3. The van der Waals surface area contributed by atoms with Crippen LogP contribution < -0.4 is 18.1 Å². The fraction of sp³-hybridized carbons (Fsp3) is 0.0870. The highest BCUT2D eigenvalue weighted by Gasteiger charge is 2.19. The van der Waals surface area contributed by atoms with Crippen LogP contribution in [-0.4, -0.2) is 22.2 Å². The second-order valence-electron chi connectivity index (χ2n) is 6.87. The Morgan fingerprint density at radius 3 is 2.13 bits per heavy atom. The summed E-state index contributed by atoms with van der Waals surface area (Å²) in [5.74, 6) is -0.405. The topological polar surface area (TPSA) is 110 Å². The maximum atomic E-state index is 12.4. The van der Waals surface area contributed by atoms with Crippen LogP contribution in [0.2, 0.25) is 0 Å². The van der Waals surface area contributed by atoms with Gasteiger partial charge in [0.1, 0.15) is 11.5 Å². The number of fused-ring (bicyclic) bond motifs is 2. The van der Waals surface area contributed by atoms with Crippen molar-refractivity contribution in [3.05, 3.63) is 78.4 Å². The van der Waals surface area contributed by atoms with Crippen molar-refractivity contribution in [3.8, 4) is 11.5 Å². The van der Waals surface area contributed by atoms with Gasteiger partial charge in [0.2, 0.25) is 0 Å². The number of amides is 1. The lowest BCUT2D eigenvalue weighted by atomic mass is 9.99. The van der Waals surface area contributed by atoms with E-state index in [1.807, 2.05) is 30.3 Å². The lowest BCUT2D eigenvalue weighted by Gasteiger charge is -2.10. The number of rotatable bonds is 4. The Hall–Kier alpha value is -3.48. The zero-order chi connectivity index (χ0) is 20.4. The van der Waals surface area contributed by atoms with Crippen LogP contribution in [0.5, 0.6) is 11.5 Å². The second kappa shape index (κ2) is 8.90. The van der Waals surface area contributed by atoms with Crippen LogP contribution in [-0.2, 0) is 11.2 Å². The highest BCUT2D eigenvalue weighted by molar-refractivity contribution is 6.14. The maximum Gasteiger partial charge on any atom is 0.322 e. The number of azo groups is 1. The van der Waals surface area contributed by atoms with Crippen molar-refractivity contribution in [1.29, 1.82) is 0 Å². The molecule has 1 atom stereocenters. The molecule has 1 amide bonds. The number of carbonyl (C=O) groups excluding carboxylic acids is 1. The Morgan fingerprint density at radius 1 is 0.833 bits per heavy atom. The minimum Gasteiger partial charge on any atom is -1.00 e. The van der Waals surface area contributed by atoms with Gasteiger partial charge < -0.3 is 28.4 Å². The van der Waals surface area contributed by atoms with E-state index in [-0.39, 0.29) is 23.9 Å². The van der Waals surface area contributed by atoms with Gasteiger partial charge in [0, 0.05) is 22.6 Å². The van der Waals surface area contributed by atoms with Gasteiger partial charge in [0.25, 0.3) is 0 Å². The quantitative estimate of drug-likeness (QED) is 0.258. The van der Waals surface area contributed by atoms with Gasteiger partial charge in [-0.05, 0) is 11.6 Å². The van der Waals surface area contributed by atoms with Crippen LogP contribution in [0, 0.1) is 0 Å². The molecule has 0 aliphatic carbocycles. The van der Waals surface area contributed by atoms with Gasteiger partial charge in [0.15, 0.2) is 6.04 Å². The molecule has 0 saturated heterocycles. The molecule has 0 radical (unpaired) electrons. The first-order valence-electron chi connectivity index (χ1n) is 9.24. The summed E-state index contributed by atoms with van der Waals surface area (Å²) in [5.41, 5.74) is 5.19. The molecule has 0 aliphatic rings. The molecule has 30 heavy (non-hydrogen) atoms. The summed E-state index contributed by atoms with van der Waals surface area (Å²) in [6, 6.07) is 21.1. The van der Waals surface area contributed by atoms with Crippen LogP contribution in [0.25, 0.3) is 21.5 Å². The van der Waals surface area contributed by atoms with Crippen molar-refractivity contribution >= 4 is 33.1 Å². The zero-order valence-electron chi connectivity index (χ0n) is 16.0. The van der Waals surface area contributed by atoms with E-state index in [4.69, 9.17) is 0 Å². The number of benzene rings is 4. The summed E-state index contributed by atoms with van der Waals surface area (Å²) in [6.45, 7) is 0. The van der Waals surface area contributed by atoms with E-state index in [0.717, 1.165) is 5.56 Å². The third-order valence-electron chi connectivity index (χ3n) is 4.90. The number of aromatic hydroxyl groups is 2. The molecule has 4 aromatic rings. The van der Waals surface area contributed by atoms with E-state index >= 15 is 0 Å². The number of phenolic OH excluding ortho intramolecular Hbond substituents is 2. The van der Waals surface area contributed by atoms with Gasteiger partial charge >= 0.3 is 5.91 Å². The predicted molar refractivity (Wildman–Crippen MR) is 111 cm³/mol. The number of hydrogen-bond acceptors (Lipinski definition) is 4. The third-order valence-corrected chi connectivity index (χ3v) is 4.90. The molecule has 0 heterocycles. The summed E-state index contributed by atoms with van der Waals surface area (Å²) < 4.78 is 0.